The number of carbonyl (C=O) groups is 1. The third-order valence-electron chi connectivity index (χ3n) is 2.92. The summed E-state index contributed by atoms with van der Waals surface area (Å²) in [6.45, 7) is 6.92. The zero-order chi connectivity index (χ0) is 13.7. The highest BCUT2D eigenvalue weighted by Gasteiger charge is 2.21. The van der Waals surface area contributed by atoms with Crippen LogP contribution in [0, 0.1) is 6.92 Å². The van der Waals surface area contributed by atoms with E-state index in [4.69, 9.17) is 0 Å². The van der Waals surface area contributed by atoms with Gasteiger partial charge in [-0.3, -0.25) is 4.79 Å². The van der Waals surface area contributed by atoms with Crippen molar-refractivity contribution in [1.82, 2.24) is 14.3 Å². The summed E-state index contributed by atoms with van der Waals surface area (Å²) in [5.41, 5.74) is 0. The number of piperazine rings is 1. The summed E-state index contributed by atoms with van der Waals surface area (Å²) in [4.78, 5) is 20.3. The quantitative estimate of drug-likeness (QED) is 0.623. The molecule has 0 radical (unpaired) electrons. The summed E-state index contributed by atoms with van der Waals surface area (Å²) >= 11 is 1.42. The van der Waals surface area contributed by atoms with Crippen LogP contribution in [0.15, 0.2) is 24.3 Å². The van der Waals surface area contributed by atoms with Crippen molar-refractivity contribution in [2.45, 2.75) is 13.8 Å². The number of allylic oxidation sites excluding steroid dienone is 3. The van der Waals surface area contributed by atoms with Crippen LogP contribution in [0.3, 0.4) is 0 Å². The highest BCUT2D eigenvalue weighted by atomic mass is 32.1. The molecule has 1 aliphatic rings. The van der Waals surface area contributed by atoms with Crippen LogP contribution in [0.4, 0.5) is 5.13 Å². The van der Waals surface area contributed by atoms with Gasteiger partial charge in [0.25, 0.3) is 0 Å². The van der Waals surface area contributed by atoms with Crippen molar-refractivity contribution in [3.63, 3.8) is 0 Å². The van der Waals surface area contributed by atoms with Crippen molar-refractivity contribution in [1.29, 1.82) is 0 Å². The van der Waals surface area contributed by atoms with Gasteiger partial charge in [0.2, 0.25) is 11.0 Å². The van der Waals surface area contributed by atoms with E-state index in [0.717, 1.165) is 37.1 Å². The topological polar surface area (TPSA) is 49.3 Å². The molecule has 1 amide bonds. The monoisotopic (exact) mass is 278 g/mol. The first-order valence-electron chi connectivity index (χ1n) is 6.34. The van der Waals surface area contributed by atoms with E-state index in [1.807, 2.05) is 30.9 Å². The number of hydrogen-bond acceptors (Lipinski definition) is 5. The molecule has 0 bridgehead atoms. The molecule has 2 heterocycles. The molecule has 1 aliphatic heterocycles. The molecule has 5 nitrogen and oxygen atoms in total. The van der Waals surface area contributed by atoms with Crippen molar-refractivity contribution < 1.29 is 4.79 Å². The second-order valence-corrected chi connectivity index (χ2v) is 5.05. The fourth-order valence-electron chi connectivity index (χ4n) is 1.89. The van der Waals surface area contributed by atoms with Crippen molar-refractivity contribution in [3.8, 4) is 0 Å². The first-order valence-corrected chi connectivity index (χ1v) is 7.11. The zero-order valence-electron chi connectivity index (χ0n) is 11.2. The molecular weight excluding hydrogens is 260 g/mol. The fraction of sp³-hybridized carbons (Fsp3) is 0.462. The molecule has 102 valence electrons. The minimum atomic E-state index is 0.0752. The number of aryl methyl sites for hydroxylation is 1. The van der Waals surface area contributed by atoms with E-state index in [0.29, 0.717) is 0 Å². The van der Waals surface area contributed by atoms with Gasteiger partial charge in [0.05, 0.1) is 0 Å². The van der Waals surface area contributed by atoms with Gasteiger partial charge >= 0.3 is 0 Å². The van der Waals surface area contributed by atoms with E-state index in [9.17, 15) is 4.79 Å². The van der Waals surface area contributed by atoms with E-state index in [1.54, 1.807) is 12.2 Å². The predicted molar refractivity (Wildman–Crippen MR) is 77.4 cm³/mol. The van der Waals surface area contributed by atoms with Crippen LogP contribution < -0.4 is 4.90 Å². The van der Waals surface area contributed by atoms with E-state index in [-0.39, 0.29) is 5.91 Å². The molecule has 1 saturated heterocycles. The summed E-state index contributed by atoms with van der Waals surface area (Å²) in [5.74, 6) is 0.888. The average Bonchev–Trinajstić information content (AvgIpc) is 2.86. The number of anilines is 1. The molecule has 0 unspecified atom stereocenters. The summed E-state index contributed by atoms with van der Waals surface area (Å²) < 4.78 is 4.19. The molecule has 0 aliphatic carbocycles. The lowest BCUT2D eigenvalue weighted by molar-refractivity contribution is -0.126. The Balaban J connectivity index is 1.87. The highest BCUT2D eigenvalue weighted by molar-refractivity contribution is 7.09. The van der Waals surface area contributed by atoms with E-state index in [1.165, 1.54) is 11.5 Å². The van der Waals surface area contributed by atoms with Gasteiger partial charge in [-0.05, 0) is 13.8 Å². The number of amides is 1. The Bertz CT molecular complexity index is 487. The lowest BCUT2D eigenvalue weighted by Crippen LogP contribution is -2.48. The summed E-state index contributed by atoms with van der Waals surface area (Å²) in [6, 6.07) is 0. The van der Waals surface area contributed by atoms with Gasteiger partial charge in [-0.2, -0.15) is 4.37 Å². The highest BCUT2D eigenvalue weighted by Crippen LogP contribution is 2.18. The summed E-state index contributed by atoms with van der Waals surface area (Å²) in [6.07, 6.45) is 7.16. The van der Waals surface area contributed by atoms with Crippen LogP contribution in [-0.2, 0) is 4.79 Å². The summed E-state index contributed by atoms with van der Waals surface area (Å²) in [7, 11) is 0. The van der Waals surface area contributed by atoms with Crippen LogP contribution in [0.2, 0.25) is 0 Å². The third kappa shape index (κ3) is 3.64. The molecule has 2 rings (SSSR count). The number of rotatable bonds is 3. The minimum absolute atomic E-state index is 0.0752. The average molecular weight is 278 g/mol. The molecule has 1 aromatic rings. The zero-order valence-corrected chi connectivity index (χ0v) is 12.1. The Hall–Kier alpha value is -1.69. The van der Waals surface area contributed by atoms with Gasteiger partial charge in [-0.25, -0.2) is 4.98 Å². The largest absolute Gasteiger partial charge is 0.343 e. The molecule has 0 atom stereocenters. The van der Waals surface area contributed by atoms with Gasteiger partial charge < -0.3 is 9.80 Å². The standard InChI is InChI=1S/C13H18N4OS/c1-3-4-5-6-12(18)16-7-9-17(10-8-16)13-14-11(2)15-19-13/h3-6H,7-10H2,1-2H3. The van der Waals surface area contributed by atoms with E-state index >= 15 is 0 Å². The van der Waals surface area contributed by atoms with Gasteiger partial charge in [-0.1, -0.05) is 18.2 Å². The molecule has 0 saturated carbocycles. The Morgan fingerprint density at radius 2 is 2.00 bits per heavy atom. The fourth-order valence-corrected chi connectivity index (χ4v) is 2.61. The Morgan fingerprint density at radius 1 is 1.26 bits per heavy atom. The molecule has 0 spiro atoms. The van der Waals surface area contributed by atoms with E-state index < -0.39 is 0 Å². The van der Waals surface area contributed by atoms with Crippen molar-refractivity contribution in [2.24, 2.45) is 0 Å². The van der Waals surface area contributed by atoms with Crippen molar-refractivity contribution >= 4 is 22.6 Å². The first kappa shape index (κ1) is 13.7. The lowest BCUT2D eigenvalue weighted by Gasteiger charge is -2.33. The van der Waals surface area contributed by atoms with Gasteiger partial charge in [0.1, 0.15) is 5.82 Å². The van der Waals surface area contributed by atoms with E-state index in [2.05, 4.69) is 14.3 Å². The third-order valence-corrected chi connectivity index (χ3v) is 3.79. The van der Waals surface area contributed by atoms with Gasteiger partial charge in [0, 0.05) is 43.8 Å². The van der Waals surface area contributed by atoms with Crippen LogP contribution in [0.25, 0.3) is 0 Å². The van der Waals surface area contributed by atoms with Crippen LogP contribution >= 0.6 is 11.5 Å². The molecule has 0 N–H and O–H groups in total. The van der Waals surface area contributed by atoms with Crippen molar-refractivity contribution in [2.75, 3.05) is 31.1 Å². The Labute approximate surface area is 117 Å². The maximum absolute atomic E-state index is 11.9. The molecule has 0 aromatic carbocycles. The maximum Gasteiger partial charge on any atom is 0.246 e. The van der Waals surface area contributed by atoms with Crippen LogP contribution in [0.5, 0.6) is 0 Å². The SMILES string of the molecule is CC=CC=CC(=O)N1CCN(c2nc(C)ns2)CC1. The number of carbonyl (C=O) groups excluding carboxylic acids is 1. The molecule has 19 heavy (non-hydrogen) atoms. The molecular formula is C13H18N4OS. The predicted octanol–water partition coefficient (Wildman–Crippen LogP) is 1.63. The number of hydrogen-bond donors (Lipinski definition) is 0. The summed E-state index contributed by atoms with van der Waals surface area (Å²) in [5, 5.41) is 0.953. The van der Waals surface area contributed by atoms with Gasteiger partial charge in [-0.15, -0.1) is 0 Å². The lowest BCUT2D eigenvalue weighted by atomic mass is 10.3. The Morgan fingerprint density at radius 3 is 2.58 bits per heavy atom. The molecule has 1 aromatic heterocycles. The van der Waals surface area contributed by atoms with Gasteiger partial charge in [0.15, 0.2) is 0 Å². The first-order chi connectivity index (χ1) is 9.20. The molecule has 6 heteroatoms. The second-order valence-electron chi connectivity index (χ2n) is 4.32. The Kier molecular flexibility index (Phi) is 4.68. The second kappa shape index (κ2) is 6.47. The van der Waals surface area contributed by atoms with Crippen LogP contribution in [0.1, 0.15) is 12.7 Å². The smallest absolute Gasteiger partial charge is 0.246 e. The maximum atomic E-state index is 11.9. The number of nitrogens with zero attached hydrogens (tertiary/aromatic N) is 4. The number of aromatic nitrogens is 2. The minimum Gasteiger partial charge on any atom is -0.343 e. The van der Waals surface area contributed by atoms with Crippen molar-refractivity contribution in [3.05, 3.63) is 30.1 Å². The van der Waals surface area contributed by atoms with Crippen LogP contribution in [-0.4, -0.2) is 46.3 Å². The normalized spacial score (nSPS) is 16.7. The molecule has 1 fully saturated rings.